The average Bonchev–Trinajstić information content (AvgIpc) is 3.56. The van der Waals surface area contributed by atoms with Crippen molar-refractivity contribution in [1.82, 2.24) is 19.8 Å². The van der Waals surface area contributed by atoms with Crippen LogP contribution in [0.15, 0.2) is 106 Å². The maximum atomic E-state index is 12.4. The molecule has 2 amide bonds. The second-order valence-corrected chi connectivity index (χ2v) is 11.5. The first kappa shape index (κ1) is 29.8. The number of halogens is 1. The van der Waals surface area contributed by atoms with Gasteiger partial charge in [-0.25, -0.2) is 22.8 Å². The van der Waals surface area contributed by atoms with Crippen LogP contribution >= 0.6 is 23.4 Å². The first-order valence-electron chi connectivity index (χ1n) is 11.5. The summed E-state index contributed by atoms with van der Waals surface area (Å²) in [4.78, 5) is 29.7. The van der Waals surface area contributed by atoms with Gasteiger partial charge in [0.1, 0.15) is 0 Å². The molecule has 1 aliphatic heterocycles. The summed E-state index contributed by atoms with van der Waals surface area (Å²) >= 11 is 7.01. The topological polar surface area (TPSA) is 123 Å². The van der Waals surface area contributed by atoms with Gasteiger partial charge in [-0.1, -0.05) is 35.9 Å². The molecule has 2 N–H and O–H groups in total. The molecule has 13 heteroatoms. The normalized spacial score (nSPS) is 15.1. The first-order chi connectivity index (χ1) is 18.7. The van der Waals surface area contributed by atoms with Crippen LogP contribution in [0.3, 0.4) is 0 Å². The summed E-state index contributed by atoms with van der Waals surface area (Å²) in [5, 5.41) is 7.77. The number of carbonyl (C=O) groups is 2. The Kier molecular flexibility index (Phi) is 9.67. The fourth-order valence-corrected chi connectivity index (χ4v) is 5.58. The Morgan fingerprint density at radius 1 is 1.07 bits per heavy atom. The summed E-state index contributed by atoms with van der Waals surface area (Å²) in [5.41, 5.74) is 2.95. The summed E-state index contributed by atoms with van der Waals surface area (Å²) in [6.45, 7) is 0. The number of benzene rings is 3. The van der Waals surface area contributed by atoms with Crippen LogP contribution in [-0.2, 0) is 26.0 Å². The maximum Gasteiger partial charge on any atom is 1.00 e. The monoisotopic (exact) mass is 601 g/mol. The third kappa shape index (κ3) is 7.51. The molecule has 1 fully saturated rings. The third-order valence-electron chi connectivity index (χ3n) is 5.51. The second kappa shape index (κ2) is 13.0. The molecule has 0 unspecified atom stereocenters. The number of rotatable bonds is 7. The Labute approximate surface area is 263 Å². The summed E-state index contributed by atoms with van der Waals surface area (Å²) < 4.78 is 28.6. The predicted octanol–water partition coefficient (Wildman–Crippen LogP) is 1.58. The minimum Gasteiger partial charge on any atom is -1.00 e. The minimum atomic E-state index is -4.00. The molecule has 2 heterocycles. The van der Waals surface area contributed by atoms with E-state index in [1.807, 2.05) is 36.5 Å². The standard InChI is InChI=1S/C27H20ClN5O4S2.Na.H/c28-20-6-12-23(13-7-20)39(36,37)32-25(34)17-19-2-8-21(9-3-19)30-27-31-26(35)24(38-27)16-18-4-10-22(11-5-18)33-15-1-14-29-33;;/h1-16H,17H2,(H,32,34)(H,30,31,35);;/q;+1;-1/b24-16-;;. The Morgan fingerprint density at radius 3 is 2.42 bits per heavy atom. The molecule has 1 aromatic heterocycles. The van der Waals surface area contributed by atoms with E-state index in [1.54, 1.807) is 41.2 Å². The molecule has 1 aliphatic rings. The van der Waals surface area contributed by atoms with Gasteiger partial charge in [-0.3, -0.25) is 9.59 Å². The molecule has 1 saturated heterocycles. The van der Waals surface area contributed by atoms with E-state index in [2.05, 4.69) is 20.1 Å². The van der Waals surface area contributed by atoms with Crippen LogP contribution in [0, 0.1) is 0 Å². The van der Waals surface area contributed by atoms with E-state index >= 15 is 0 Å². The van der Waals surface area contributed by atoms with Gasteiger partial charge in [0.15, 0.2) is 5.17 Å². The molecule has 0 aliphatic carbocycles. The predicted molar refractivity (Wildman–Crippen MR) is 152 cm³/mol. The van der Waals surface area contributed by atoms with Gasteiger partial charge in [0.25, 0.3) is 15.9 Å². The number of amidine groups is 1. The molecule has 0 spiro atoms. The van der Waals surface area contributed by atoms with Crippen LogP contribution in [0.2, 0.25) is 5.02 Å². The number of thioether (sulfide) groups is 1. The molecular formula is C27H21ClN5NaO4S2. The van der Waals surface area contributed by atoms with Crippen molar-refractivity contribution in [2.45, 2.75) is 11.3 Å². The molecule has 5 rings (SSSR count). The van der Waals surface area contributed by atoms with Gasteiger partial charge in [0.2, 0.25) is 5.91 Å². The van der Waals surface area contributed by atoms with Crippen molar-refractivity contribution in [2.24, 2.45) is 4.99 Å². The molecule has 0 saturated carbocycles. The number of hydrogen-bond donors (Lipinski definition) is 2. The molecular weight excluding hydrogens is 581 g/mol. The summed E-state index contributed by atoms with van der Waals surface area (Å²) in [7, 11) is -4.00. The zero-order valence-corrected chi connectivity index (χ0v) is 25.5. The molecule has 40 heavy (non-hydrogen) atoms. The van der Waals surface area contributed by atoms with Crippen molar-refractivity contribution in [3.05, 3.63) is 112 Å². The van der Waals surface area contributed by atoms with Crippen LogP contribution in [-0.4, -0.2) is 35.2 Å². The SMILES string of the molecule is O=C(Cc1ccc(N=C2NC(=O)/C(=C/c3ccc(-n4cccn4)cc3)S2)cc1)NS(=O)(=O)c1ccc(Cl)cc1.[H-].[Na+]. The minimum absolute atomic E-state index is 0. The number of aromatic nitrogens is 2. The Hall–Kier alpha value is -3.19. The van der Waals surface area contributed by atoms with Crippen molar-refractivity contribution >= 4 is 62.1 Å². The Morgan fingerprint density at radius 2 is 1.77 bits per heavy atom. The van der Waals surface area contributed by atoms with Gasteiger partial charge in [-0.05, 0) is 83.6 Å². The number of carbonyl (C=O) groups excluding carboxylic acids is 2. The number of nitrogens with zero attached hydrogens (tertiary/aromatic N) is 3. The molecule has 198 valence electrons. The number of hydrogen-bond acceptors (Lipinski definition) is 7. The van der Waals surface area contributed by atoms with E-state index in [1.165, 1.54) is 36.0 Å². The number of aliphatic imine (C=N–C) groups is 1. The Bertz CT molecular complexity index is 1700. The van der Waals surface area contributed by atoms with E-state index in [0.717, 1.165) is 11.3 Å². The molecule has 4 aromatic rings. The van der Waals surface area contributed by atoms with Crippen LogP contribution < -0.4 is 39.6 Å². The molecule has 9 nitrogen and oxygen atoms in total. The van der Waals surface area contributed by atoms with Crippen LogP contribution in [0.5, 0.6) is 0 Å². The molecule has 0 bridgehead atoms. The van der Waals surface area contributed by atoms with Crippen LogP contribution in [0.4, 0.5) is 5.69 Å². The maximum absolute atomic E-state index is 12.4. The van der Waals surface area contributed by atoms with E-state index in [9.17, 15) is 18.0 Å². The smallest absolute Gasteiger partial charge is 1.00 e. The van der Waals surface area contributed by atoms with Gasteiger partial charge < -0.3 is 6.74 Å². The van der Waals surface area contributed by atoms with Gasteiger partial charge in [0.05, 0.1) is 27.6 Å². The van der Waals surface area contributed by atoms with Crippen LogP contribution in [0.1, 0.15) is 12.6 Å². The largest absolute Gasteiger partial charge is 1.00 e. The van der Waals surface area contributed by atoms with Crippen molar-refractivity contribution in [3.63, 3.8) is 0 Å². The van der Waals surface area contributed by atoms with E-state index in [4.69, 9.17) is 11.6 Å². The zero-order chi connectivity index (χ0) is 27.4. The van der Waals surface area contributed by atoms with Crippen molar-refractivity contribution < 1.29 is 49.0 Å². The first-order valence-corrected chi connectivity index (χ1v) is 14.2. The van der Waals surface area contributed by atoms with Crippen molar-refractivity contribution in [2.75, 3.05) is 0 Å². The van der Waals surface area contributed by atoms with E-state index in [0.29, 0.717) is 26.3 Å². The third-order valence-corrected chi connectivity index (χ3v) is 8.07. The average molecular weight is 602 g/mol. The second-order valence-electron chi connectivity index (χ2n) is 8.35. The van der Waals surface area contributed by atoms with Crippen LogP contribution in [0.25, 0.3) is 11.8 Å². The summed E-state index contributed by atoms with van der Waals surface area (Å²) in [6, 6.07) is 21.7. The summed E-state index contributed by atoms with van der Waals surface area (Å²) in [5.74, 6) is -0.917. The molecule has 0 atom stereocenters. The number of nitrogens with one attached hydrogen (secondary N) is 2. The number of amides is 2. The quantitative estimate of drug-likeness (QED) is 0.245. The van der Waals surface area contributed by atoms with Crippen molar-refractivity contribution in [3.8, 4) is 5.69 Å². The Balaban J connectivity index is 0.00000231. The number of sulfonamides is 1. The molecule has 3 aromatic carbocycles. The van der Waals surface area contributed by atoms with Gasteiger partial charge in [-0.15, -0.1) is 0 Å². The van der Waals surface area contributed by atoms with E-state index in [-0.39, 0.29) is 48.2 Å². The van der Waals surface area contributed by atoms with E-state index < -0.39 is 15.9 Å². The van der Waals surface area contributed by atoms with Gasteiger partial charge in [-0.2, -0.15) is 5.10 Å². The van der Waals surface area contributed by atoms with Gasteiger partial charge >= 0.3 is 29.6 Å². The van der Waals surface area contributed by atoms with Gasteiger partial charge in [0, 0.05) is 17.4 Å². The molecule has 0 radical (unpaired) electrons. The van der Waals surface area contributed by atoms with Crippen molar-refractivity contribution in [1.29, 1.82) is 0 Å². The summed E-state index contributed by atoms with van der Waals surface area (Å²) in [6.07, 6.45) is 5.21. The zero-order valence-electron chi connectivity index (χ0n) is 22.1. The fraction of sp³-hybridized carbons (Fsp3) is 0.0370. The fourth-order valence-electron chi connectivity index (χ4n) is 3.63.